The van der Waals surface area contributed by atoms with Crippen molar-refractivity contribution < 1.29 is 9.59 Å². The molecule has 2 aliphatic rings. The summed E-state index contributed by atoms with van der Waals surface area (Å²) < 4.78 is 0. The molecule has 0 aromatic rings. The Kier molecular flexibility index (Phi) is 5.06. The Hall–Kier alpha value is -1.06. The van der Waals surface area contributed by atoms with Crippen LogP contribution in [0, 0.1) is 11.8 Å². The molecule has 4 heteroatoms. The average Bonchev–Trinajstić information content (AvgIpc) is 2.83. The smallest absolute Gasteiger partial charge is 0.245 e. The minimum atomic E-state index is -0.325. The summed E-state index contributed by atoms with van der Waals surface area (Å²) in [7, 11) is 0. The number of nitrogens with zero attached hydrogens (tertiary/aromatic N) is 1. The third-order valence-corrected chi connectivity index (χ3v) is 4.57. The highest BCUT2D eigenvalue weighted by Gasteiger charge is 2.35. The standard InChI is InChI=1S/C16H28N2O2/c1-11(2)8-14-16(20)18(10-13-6-4-5-7-13)12(3)9-15(19)17-14/h11-14H,4-10H2,1-3H3,(H,17,19). The topological polar surface area (TPSA) is 49.4 Å². The molecule has 1 saturated carbocycles. The van der Waals surface area contributed by atoms with Gasteiger partial charge in [0, 0.05) is 19.0 Å². The molecule has 2 rings (SSSR count). The molecule has 2 atom stereocenters. The van der Waals surface area contributed by atoms with E-state index in [9.17, 15) is 9.59 Å². The predicted octanol–water partition coefficient (Wildman–Crippen LogP) is 2.33. The van der Waals surface area contributed by atoms with Gasteiger partial charge < -0.3 is 10.2 Å². The molecule has 1 heterocycles. The van der Waals surface area contributed by atoms with E-state index in [1.54, 1.807) is 0 Å². The molecule has 0 aromatic carbocycles. The number of amides is 2. The Morgan fingerprint density at radius 3 is 2.50 bits per heavy atom. The molecule has 2 fully saturated rings. The monoisotopic (exact) mass is 280 g/mol. The van der Waals surface area contributed by atoms with E-state index in [1.165, 1.54) is 25.7 Å². The second kappa shape index (κ2) is 6.59. The van der Waals surface area contributed by atoms with Crippen LogP contribution in [-0.4, -0.2) is 35.3 Å². The van der Waals surface area contributed by atoms with Crippen LogP contribution in [0.3, 0.4) is 0 Å². The normalized spacial score (nSPS) is 28.9. The van der Waals surface area contributed by atoms with Crippen molar-refractivity contribution in [2.24, 2.45) is 11.8 Å². The SMILES string of the molecule is CC(C)CC1NC(=O)CC(C)N(CC2CCCC2)C1=O. The first-order chi connectivity index (χ1) is 9.47. The Morgan fingerprint density at radius 1 is 1.25 bits per heavy atom. The number of carbonyl (C=O) groups is 2. The summed E-state index contributed by atoms with van der Waals surface area (Å²) in [6.07, 6.45) is 6.20. The number of carbonyl (C=O) groups excluding carboxylic acids is 2. The van der Waals surface area contributed by atoms with E-state index in [0.717, 1.165) is 13.0 Å². The van der Waals surface area contributed by atoms with Gasteiger partial charge in [0.05, 0.1) is 0 Å². The van der Waals surface area contributed by atoms with Crippen molar-refractivity contribution in [3.63, 3.8) is 0 Å². The molecule has 2 unspecified atom stereocenters. The van der Waals surface area contributed by atoms with E-state index in [2.05, 4.69) is 19.2 Å². The molecule has 1 aliphatic carbocycles. The Balaban J connectivity index is 2.09. The maximum Gasteiger partial charge on any atom is 0.245 e. The number of hydrogen-bond acceptors (Lipinski definition) is 2. The van der Waals surface area contributed by atoms with Gasteiger partial charge in [-0.25, -0.2) is 0 Å². The lowest BCUT2D eigenvalue weighted by atomic mass is 10.0. The van der Waals surface area contributed by atoms with E-state index in [1.807, 2.05) is 11.8 Å². The van der Waals surface area contributed by atoms with Gasteiger partial charge in [-0.1, -0.05) is 26.7 Å². The van der Waals surface area contributed by atoms with Crippen molar-refractivity contribution in [2.45, 2.75) is 71.4 Å². The van der Waals surface area contributed by atoms with Crippen LogP contribution in [0.25, 0.3) is 0 Å². The molecule has 0 radical (unpaired) electrons. The molecule has 1 saturated heterocycles. The van der Waals surface area contributed by atoms with Gasteiger partial charge in [0.15, 0.2) is 0 Å². The van der Waals surface area contributed by atoms with E-state index < -0.39 is 0 Å². The van der Waals surface area contributed by atoms with Gasteiger partial charge in [-0.3, -0.25) is 9.59 Å². The fourth-order valence-electron chi connectivity index (χ4n) is 3.48. The molecule has 0 spiro atoms. The number of hydrogen-bond donors (Lipinski definition) is 1. The van der Waals surface area contributed by atoms with E-state index in [-0.39, 0.29) is 23.9 Å². The first-order valence-electron chi connectivity index (χ1n) is 8.07. The van der Waals surface area contributed by atoms with Crippen molar-refractivity contribution >= 4 is 11.8 Å². The summed E-state index contributed by atoms with van der Waals surface area (Å²) in [5, 5.41) is 2.92. The van der Waals surface area contributed by atoms with Crippen LogP contribution in [0.4, 0.5) is 0 Å². The Morgan fingerprint density at radius 2 is 1.90 bits per heavy atom. The molecule has 0 aromatic heterocycles. The molecule has 1 aliphatic heterocycles. The first-order valence-corrected chi connectivity index (χ1v) is 8.07. The molecule has 1 N–H and O–H groups in total. The fourth-order valence-corrected chi connectivity index (χ4v) is 3.48. The van der Waals surface area contributed by atoms with Crippen molar-refractivity contribution in [2.75, 3.05) is 6.54 Å². The van der Waals surface area contributed by atoms with Crippen molar-refractivity contribution in [1.82, 2.24) is 10.2 Å². The summed E-state index contributed by atoms with van der Waals surface area (Å²) in [6.45, 7) is 7.03. The van der Waals surface area contributed by atoms with Gasteiger partial charge in [0.1, 0.15) is 6.04 Å². The fraction of sp³-hybridized carbons (Fsp3) is 0.875. The zero-order chi connectivity index (χ0) is 14.7. The van der Waals surface area contributed by atoms with Crippen LogP contribution in [0.5, 0.6) is 0 Å². The second-order valence-electron chi connectivity index (χ2n) is 6.94. The molecular formula is C16H28N2O2. The molecule has 4 nitrogen and oxygen atoms in total. The Bertz CT molecular complexity index is 361. The zero-order valence-electron chi connectivity index (χ0n) is 13.0. The zero-order valence-corrected chi connectivity index (χ0v) is 13.0. The van der Waals surface area contributed by atoms with Crippen LogP contribution in [-0.2, 0) is 9.59 Å². The lowest BCUT2D eigenvalue weighted by Crippen LogP contribution is -2.48. The third-order valence-electron chi connectivity index (χ3n) is 4.57. The van der Waals surface area contributed by atoms with Crippen molar-refractivity contribution in [3.05, 3.63) is 0 Å². The third kappa shape index (κ3) is 3.74. The largest absolute Gasteiger partial charge is 0.344 e. The van der Waals surface area contributed by atoms with Gasteiger partial charge in [-0.2, -0.15) is 0 Å². The molecule has 20 heavy (non-hydrogen) atoms. The maximum absolute atomic E-state index is 12.7. The first kappa shape index (κ1) is 15.3. The van der Waals surface area contributed by atoms with Gasteiger partial charge in [0.2, 0.25) is 11.8 Å². The quantitative estimate of drug-likeness (QED) is 0.859. The van der Waals surface area contributed by atoms with Gasteiger partial charge >= 0.3 is 0 Å². The molecule has 2 amide bonds. The van der Waals surface area contributed by atoms with Crippen molar-refractivity contribution in [3.8, 4) is 0 Å². The highest BCUT2D eigenvalue weighted by molar-refractivity contribution is 5.90. The van der Waals surface area contributed by atoms with E-state index in [0.29, 0.717) is 18.3 Å². The van der Waals surface area contributed by atoms with Crippen molar-refractivity contribution in [1.29, 1.82) is 0 Å². The number of rotatable bonds is 4. The second-order valence-corrected chi connectivity index (χ2v) is 6.94. The van der Waals surface area contributed by atoms with E-state index >= 15 is 0 Å². The van der Waals surface area contributed by atoms with Crippen LogP contribution in [0.1, 0.15) is 59.3 Å². The van der Waals surface area contributed by atoms with Gasteiger partial charge in [-0.15, -0.1) is 0 Å². The van der Waals surface area contributed by atoms with Crippen LogP contribution in [0.2, 0.25) is 0 Å². The van der Waals surface area contributed by atoms with Crippen LogP contribution in [0.15, 0.2) is 0 Å². The summed E-state index contributed by atoms with van der Waals surface area (Å²) in [6, 6.07) is -0.297. The summed E-state index contributed by atoms with van der Waals surface area (Å²) in [5.74, 6) is 1.19. The average molecular weight is 280 g/mol. The van der Waals surface area contributed by atoms with E-state index in [4.69, 9.17) is 0 Å². The summed E-state index contributed by atoms with van der Waals surface area (Å²) >= 11 is 0. The van der Waals surface area contributed by atoms with Gasteiger partial charge in [0.25, 0.3) is 0 Å². The molecular weight excluding hydrogens is 252 g/mol. The lowest BCUT2D eigenvalue weighted by Gasteiger charge is -2.31. The highest BCUT2D eigenvalue weighted by Crippen LogP contribution is 2.27. The van der Waals surface area contributed by atoms with Gasteiger partial charge in [-0.05, 0) is 38.0 Å². The molecule has 0 bridgehead atoms. The lowest BCUT2D eigenvalue weighted by molar-refractivity contribution is -0.136. The predicted molar refractivity (Wildman–Crippen MR) is 79.1 cm³/mol. The minimum absolute atomic E-state index is 0.0189. The maximum atomic E-state index is 12.7. The van der Waals surface area contributed by atoms with Crippen LogP contribution < -0.4 is 5.32 Å². The highest BCUT2D eigenvalue weighted by atomic mass is 16.2. The molecule has 114 valence electrons. The summed E-state index contributed by atoms with van der Waals surface area (Å²) in [5.41, 5.74) is 0. The Labute approximate surface area is 122 Å². The van der Waals surface area contributed by atoms with Crippen LogP contribution >= 0.6 is 0 Å². The summed E-state index contributed by atoms with van der Waals surface area (Å²) in [4.78, 5) is 26.6. The minimum Gasteiger partial charge on any atom is -0.344 e. The number of nitrogens with one attached hydrogen (secondary N) is 1.